The Morgan fingerprint density at radius 2 is 1.61 bits per heavy atom. The number of hydrogen-bond donors (Lipinski definition) is 1. The Bertz CT molecular complexity index is 184. The third kappa shape index (κ3) is 6.78. The maximum Gasteiger partial charge on any atom is 0.00694 e. The van der Waals surface area contributed by atoms with E-state index in [2.05, 4.69) is 26.1 Å². The summed E-state index contributed by atoms with van der Waals surface area (Å²) in [4.78, 5) is 0. The van der Waals surface area contributed by atoms with Crippen molar-refractivity contribution in [2.45, 2.75) is 103 Å². The molecule has 1 N–H and O–H groups in total. The number of unbranched alkanes of at least 4 members (excludes halogenated alkanes) is 4. The first-order chi connectivity index (χ1) is 8.74. The fourth-order valence-corrected chi connectivity index (χ4v) is 3.36. The van der Waals surface area contributed by atoms with E-state index in [1.807, 2.05) is 0 Å². The summed E-state index contributed by atoms with van der Waals surface area (Å²) in [5.74, 6) is 0.946. The van der Waals surface area contributed by atoms with Crippen molar-refractivity contribution in [1.82, 2.24) is 5.32 Å². The van der Waals surface area contributed by atoms with Crippen LogP contribution in [0.5, 0.6) is 0 Å². The van der Waals surface area contributed by atoms with Gasteiger partial charge in [-0.3, -0.25) is 0 Å². The fourth-order valence-electron chi connectivity index (χ4n) is 3.36. The molecule has 0 aromatic heterocycles. The highest BCUT2D eigenvalue weighted by Gasteiger charge is 2.20. The van der Waals surface area contributed by atoms with Crippen LogP contribution in [0.15, 0.2) is 0 Å². The minimum absolute atomic E-state index is 0.712. The largest absolute Gasteiger partial charge is 0.312 e. The van der Waals surface area contributed by atoms with Crippen LogP contribution >= 0.6 is 0 Å². The van der Waals surface area contributed by atoms with Gasteiger partial charge in [0.1, 0.15) is 0 Å². The van der Waals surface area contributed by atoms with E-state index in [9.17, 15) is 0 Å². The summed E-state index contributed by atoms with van der Waals surface area (Å²) < 4.78 is 0. The molecule has 1 aliphatic rings. The van der Waals surface area contributed by atoms with Gasteiger partial charge in [-0.15, -0.1) is 0 Å². The van der Waals surface area contributed by atoms with E-state index < -0.39 is 0 Å². The third-order valence-corrected chi connectivity index (χ3v) is 4.65. The second-order valence-electron chi connectivity index (χ2n) is 6.46. The van der Waals surface area contributed by atoms with Gasteiger partial charge in [0.15, 0.2) is 0 Å². The first kappa shape index (κ1) is 16.0. The average molecular weight is 253 g/mol. The molecular weight excluding hydrogens is 218 g/mol. The molecule has 0 radical (unpaired) electrons. The monoisotopic (exact) mass is 253 g/mol. The van der Waals surface area contributed by atoms with Crippen LogP contribution in [0, 0.1) is 5.92 Å². The molecule has 1 unspecified atom stereocenters. The summed E-state index contributed by atoms with van der Waals surface area (Å²) in [5.41, 5.74) is 0. The van der Waals surface area contributed by atoms with Gasteiger partial charge in [-0.25, -0.2) is 0 Å². The lowest BCUT2D eigenvalue weighted by molar-refractivity contribution is 0.263. The van der Waals surface area contributed by atoms with E-state index >= 15 is 0 Å². The van der Waals surface area contributed by atoms with E-state index in [-0.39, 0.29) is 0 Å². The van der Waals surface area contributed by atoms with Crippen LogP contribution in [0.25, 0.3) is 0 Å². The molecule has 108 valence electrons. The molecule has 0 aliphatic heterocycles. The van der Waals surface area contributed by atoms with E-state index in [1.165, 1.54) is 70.6 Å². The molecule has 0 heterocycles. The lowest BCUT2D eigenvalue weighted by Gasteiger charge is -2.30. The van der Waals surface area contributed by atoms with Crippen LogP contribution in [-0.2, 0) is 0 Å². The van der Waals surface area contributed by atoms with Crippen molar-refractivity contribution in [3.05, 3.63) is 0 Å². The molecule has 0 spiro atoms. The van der Waals surface area contributed by atoms with E-state index in [0.29, 0.717) is 6.04 Å². The SMILES string of the molecule is CCCCCCCC(C)N[C@@H](C)C1CCCCC1. The molecule has 1 saturated carbocycles. The molecule has 1 heteroatoms. The standard InChI is InChI=1S/C17H35N/c1-4-5-6-7-9-12-15(2)18-16(3)17-13-10-8-11-14-17/h15-18H,4-14H2,1-3H3/t15?,16-/m0/s1. The Kier molecular flexibility index (Phi) is 8.75. The lowest BCUT2D eigenvalue weighted by Crippen LogP contribution is -2.40. The lowest BCUT2D eigenvalue weighted by atomic mass is 9.84. The van der Waals surface area contributed by atoms with Gasteiger partial charge < -0.3 is 5.32 Å². The first-order valence-corrected chi connectivity index (χ1v) is 8.50. The smallest absolute Gasteiger partial charge is 0.00694 e. The van der Waals surface area contributed by atoms with Crippen molar-refractivity contribution in [3.8, 4) is 0 Å². The van der Waals surface area contributed by atoms with Crippen molar-refractivity contribution in [3.63, 3.8) is 0 Å². The summed E-state index contributed by atoms with van der Waals surface area (Å²) in [6.07, 6.45) is 15.7. The van der Waals surface area contributed by atoms with Crippen LogP contribution in [0.2, 0.25) is 0 Å². The van der Waals surface area contributed by atoms with Crippen LogP contribution in [0.1, 0.15) is 91.4 Å². The van der Waals surface area contributed by atoms with Crippen molar-refractivity contribution < 1.29 is 0 Å². The van der Waals surface area contributed by atoms with Crippen molar-refractivity contribution >= 4 is 0 Å². The van der Waals surface area contributed by atoms with Crippen LogP contribution < -0.4 is 5.32 Å². The fraction of sp³-hybridized carbons (Fsp3) is 1.00. The molecule has 2 atom stereocenters. The highest BCUT2D eigenvalue weighted by atomic mass is 14.9. The van der Waals surface area contributed by atoms with Crippen LogP contribution in [0.4, 0.5) is 0 Å². The molecule has 0 saturated heterocycles. The Balaban J connectivity index is 2.05. The van der Waals surface area contributed by atoms with E-state index in [1.54, 1.807) is 0 Å². The van der Waals surface area contributed by atoms with Gasteiger partial charge in [0, 0.05) is 12.1 Å². The van der Waals surface area contributed by atoms with Crippen molar-refractivity contribution in [1.29, 1.82) is 0 Å². The summed E-state index contributed by atoms with van der Waals surface area (Å²) in [5, 5.41) is 3.84. The number of hydrogen-bond acceptors (Lipinski definition) is 1. The summed E-state index contributed by atoms with van der Waals surface area (Å²) in [6.45, 7) is 7.07. The minimum Gasteiger partial charge on any atom is -0.312 e. The molecule has 1 nitrogen and oxygen atoms in total. The van der Waals surface area contributed by atoms with Crippen LogP contribution in [0.3, 0.4) is 0 Å². The highest BCUT2D eigenvalue weighted by molar-refractivity contribution is 4.78. The molecule has 0 aromatic rings. The number of nitrogens with one attached hydrogen (secondary N) is 1. The molecule has 1 rings (SSSR count). The van der Waals surface area contributed by atoms with Gasteiger partial charge in [0.2, 0.25) is 0 Å². The molecule has 1 aliphatic carbocycles. The van der Waals surface area contributed by atoms with Gasteiger partial charge >= 0.3 is 0 Å². The first-order valence-electron chi connectivity index (χ1n) is 8.50. The zero-order valence-electron chi connectivity index (χ0n) is 13.0. The Hall–Kier alpha value is -0.0400. The molecule has 0 aromatic carbocycles. The Labute approximate surface area is 115 Å². The molecule has 1 fully saturated rings. The minimum atomic E-state index is 0.712. The zero-order valence-corrected chi connectivity index (χ0v) is 13.0. The maximum atomic E-state index is 3.84. The van der Waals surface area contributed by atoms with Gasteiger partial charge in [-0.05, 0) is 39.0 Å². The van der Waals surface area contributed by atoms with E-state index in [4.69, 9.17) is 0 Å². The molecule has 0 amide bonds. The third-order valence-electron chi connectivity index (χ3n) is 4.65. The molecule has 18 heavy (non-hydrogen) atoms. The van der Waals surface area contributed by atoms with Gasteiger partial charge in [0.05, 0.1) is 0 Å². The summed E-state index contributed by atoms with van der Waals surface area (Å²) in [6, 6.07) is 1.44. The quantitative estimate of drug-likeness (QED) is 0.550. The van der Waals surface area contributed by atoms with Gasteiger partial charge in [0.25, 0.3) is 0 Å². The Morgan fingerprint density at radius 1 is 0.944 bits per heavy atom. The van der Waals surface area contributed by atoms with Crippen LogP contribution in [-0.4, -0.2) is 12.1 Å². The number of rotatable bonds is 9. The highest BCUT2D eigenvalue weighted by Crippen LogP contribution is 2.26. The van der Waals surface area contributed by atoms with Gasteiger partial charge in [-0.2, -0.15) is 0 Å². The predicted octanol–water partition coefficient (Wildman–Crippen LogP) is 5.29. The molecular formula is C17H35N. The van der Waals surface area contributed by atoms with Crippen molar-refractivity contribution in [2.24, 2.45) is 5.92 Å². The topological polar surface area (TPSA) is 12.0 Å². The summed E-state index contributed by atoms with van der Waals surface area (Å²) >= 11 is 0. The van der Waals surface area contributed by atoms with E-state index in [0.717, 1.165) is 12.0 Å². The van der Waals surface area contributed by atoms with Crippen molar-refractivity contribution in [2.75, 3.05) is 0 Å². The second kappa shape index (κ2) is 9.83. The second-order valence-corrected chi connectivity index (χ2v) is 6.46. The average Bonchev–Trinajstić information content (AvgIpc) is 2.39. The molecule has 0 bridgehead atoms. The summed E-state index contributed by atoms with van der Waals surface area (Å²) in [7, 11) is 0. The Morgan fingerprint density at radius 3 is 2.28 bits per heavy atom. The maximum absolute atomic E-state index is 3.84. The van der Waals surface area contributed by atoms with Gasteiger partial charge in [-0.1, -0.05) is 58.3 Å². The zero-order chi connectivity index (χ0) is 13.2. The predicted molar refractivity (Wildman–Crippen MR) is 82.0 cm³/mol. The normalized spacial score (nSPS) is 20.8.